The van der Waals surface area contributed by atoms with Crippen LogP contribution >= 0.6 is 23.4 Å². The molecule has 0 radical (unpaired) electrons. The lowest BCUT2D eigenvalue weighted by molar-refractivity contribution is -0.118. The predicted molar refractivity (Wildman–Crippen MR) is 91.3 cm³/mol. The number of amides is 1. The van der Waals surface area contributed by atoms with Crippen molar-refractivity contribution in [2.45, 2.75) is 4.90 Å². The summed E-state index contributed by atoms with van der Waals surface area (Å²) in [4.78, 5) is 23.3. The molecule has 23 heavy (non-hydrogen) atoms. The molecule has 0 saturated carbocycles. The highest BCUT2D eigenvalue weighted by Crippen LogP contribution is 2.19. The second kappa shape index (κ2) is 8.36. The normalized spacial score (nSPS) is 10.7. The number of nitrogens with one attached hydrogen (secondary N) is 1. The molecular formula is C16H13ClN2O3S. The summed E-state index contributed by atoms with van der Waals surface area (Å²) < 4.78 is 0. The lowest BCUT2D eigenvalue weighted by atomic mass is 10.1. The Morgan fingerprint density at radius 2 is 1.78 bits per heavy atom. The lowest BCUT2D eigenvalue weighted by Crippen LogP contribution is -2.19. The molecule has 118 valence electrons. The van der Waals surface area contributed by atoms with Gasteiger partial charge in [0.15, 0.2) is 0 Å². The van der Waals surface area contributed by atoms with Crippen molar-refractivity contribution in [3.63, 3.8) is 0 Å². The molecule has 2 rings (SSSR count). The van der Waals surface area contributed by atoms with Gasteiger partial charge in [0.1, 0.15) is 0 Å². The van der Waals surface area contributed by atoms with Crippen molar-refractivity contribution < 1.29 is 14.7 Å². The SMILES string of the molecule is O=C(CSc1ccc(Cl)cc1)N/N=C/c1ccc(C(=O)O)cc1. The zero-order valence-corrected chi connectivity index (χ0v) is 13.5. The fourth-order valence-corrected chi connectivity index (χ4v) is 2.42. The molecule has 0 aromatic heterocycles. The zero-order valence-electron chi connectivity index (χ0n) is 11.9. The van der Waals surface area contributed by atoms with Gasteiger partial charge in [-0.25, -0.2) is 10.2 Å². The number of carbonyl (C=O) groups excluding carboxylic acids is 1. The summed E-state index contributed by atoms with van der Waals surface area (Å²) in [5.74, 6) is -0.985. The van der Waals surface area contributed by atoms with E-state index in [2.05, 4.69) is 10.5 Å². The quantitative estimate of drug-likeness (QED) is 0.477. The zero-order chi connectivity index (χ0) is 16.7. The molecule has 0 aliphatic heterocycles. The fraction of sp³-hybridized carbons (Fsp3) is 0.0625. The Morgan fingerprint density at radius 3 is 2.39 bits per heavy atom. The van der Waals surface area contributed by atoms with E-state index in [1.165, 1.54) is 30.1 Å². The van der Waals surface area contributed by atoms with Gasteiger partial charge in [-0.2, -0.15) is 5.10 Å². The van der Waals surface area contributed by atoms with Crippen molar-refractivity contribution in [3.05, 3.63) is 64.7 Å². The maximum atomic E-state index is 11.7. The molecule has 0 aliphatic rings. The van der Waals surface area contributed by atoms with Crippen LogP contribution in [0.25, 0.3) is 0 Å². The highest BCUT2D eigenvalue weighted by Gasteiger charge is 2.02. The number of thioether (sulfide) groups is 1. The number of nitrogens with zero attached hydrogens (tertiary/aromatic N) is 1. The van der Waals surface area contributed by atoms with Crippen LogP contribution in [0, 0.1) is 0 Å². The second-order valence-electron chi connectivity index (χ2n) is 4.46. The first-order valence-corrected chi connectivity index (χ1v) is 7.94. The van der Waals surface area contributed by atoms with Crippen LogP contribution in [0.3, 0.4) is 0 Å². The summed E-state index contributed by atoms with van der Waals surface area (Å²) in [6.07, 6.45) is 1.45. The Kier molecular flexibility index (Phi) is 6.19. The first-order chi connectivity index (χ1) is 11.0. The van der Waals surface area contributed by atoms with Crippen molar-refractivity contribution in [1.82, 2.24) is 5.43 Å². The topological polar surface area (TPSA) is 78.8 Å². The molecule has 5 nitrogen and oxygen atoms in total. The first-order valence-electron chi connectivity index (χ1n) is 6.58. The standard InChI is InChI=1S/C16H13ClN2O3S/c17-13-5-7-14(8-6-13)23-10-15(20)19-18-9-11-1-3-12(4-2-11)16(21)22/h1-9H,10H2,(H,19,20)(H,21,22)/b18-9+. The molecule has 2 aromatic rings. The fourth-order valence-electron chi connectivity index (χ4n) is 1.60. The first kappa shape index (κ1) is 17.1. The summed E-state index contributed by atoms with van der Waals surface area (Å²) in [7, 11) is 0. The van der Waals surface area contributed by atoms with Crippen LogP contribution < -0.4 is 5.43 Å². The van der Waals surface area contributed by atoms with Crippen LogP contribution in [-0.2, 0) is 4.79 Å². The number of halogens is 1. The Hall–Kier alpha value is -2.31. The number of carbonyl (C=O) groups is 2. The van der Waals surface area contributed by atoms with E-state index in [1.54, 1.807) is 24.3 Å². The molecule has 0 atom stereocenters. The van der Waals surface area contributed by atoms with E-state index < -0.39 is 5.97 Å². The monoisotopic (exact) mass is 348 g/mol. The van der Waals surface area contributed by atoms with Gasteiger partial charge in [0.2, 0.25) is 5.91 Å². The van der Waals surface area contributed by atoms with Gasteiger partial charge in [-0.15, -0.1) is 11.8 Å². The van der Waals surface area contributed by atoms with Crippen molar-refractivity contribution in [2.75, 3.05) is 5.75 Å². The molecule has 0 aliphatic carbocycles. The van der Waals surface area contributed by atoms with Gasteiger partial charge in [-0.05, 0) is 42.0 Å². The summed E-state index contributed by atoms with van der Waals surface area (Å²) in [5, 5.41) is 13.3. The van der Waals surface area contributed by atoms with Gasteiger partial charge in [0.05, 0.1) is 17.5 Å². The smallest absolute Gasteiger partial charge is 0.335 e. The third kappa shape index (κ3) is 5.77. The minimum Gasteiger partial charge on any atom is -0.478 e. The van der Waals surface area contributed by atoms with Gasteiger partial charge in [0, 0.05) is 9.92 Å². The van der Waals surface area contributed by atoms with Crippen LogP contribution in [0.1, 0.15) is 15.9 Å². The molecule has 0 heterocycles. The third-order valence-electron chi connectivity index (χ3n) is 2.74. The van der Waals surface area contributed by atoms with Crippen molar-refractivity contribution in [3.8, 4) is 0 Å². The highest BCUT2D eigenvalue weighted by molar-refractivity contribution is 8.00. The number of hydrogen-bond donors (Lipinski definition) is 2. The van der Waals surface area contributed by atoms with Gasteiger partial charge in [-0.1, -0.05) is 23.7 Å². The maximum absolute atomic E-state index is 11.7. The van der Waals surface area contributed by atoms with Crippen molar-refractivity contribution >= 4 is 41.5 Å². The molecule has 1 amide bonds. The second-order valence-corrected chi connectivity index (χ2v) is 5.95. The van der Waals surface area contributed by atoms with Gasteiger partial charge in [0.25, 0.3) is 0 Å². The van der Waals surface area contributed by atoms with E-state index in [-0.39, 0.29) is 17.2 Å². The Labute approximate surface area is 142 Å². The van der Waals surface area contributed by atoms with E-state index in [0.717, 1.165) is 4.90 Å². The Morgan fingerprint density at radius 1 is 1.13 bits per heavy atom. The minimum atomic E-state index is -0.985. The average molecular weight is 349 g/mol. The number of hydrazone groups is 1. The summed E-state index contributed by atoms with van der Waals surface area (Å²) in [6, 6.07) is 13.4. The molecule has 0 spiro atoms. The molecule has 0 fully saturated rings. The molecular weight excluding hydrogens is 336 g/mol. The largest absolute Gasteiger partial charge is 0.478 e. The maximum Gasteiger partial charge on any atom is 0.335 e. The number of carboxylic acids is 1. The molecule has 0 unspecified atom stereocenters. The van der Waals surface area contributed by atoms with Gasteiger partial charge in [-0.3, -0.25) is 4.79 Å². The highest BCUT2D eigenvalue weighted by atomic mass is 35.5. The van der Waals surface area contributed by atoms with E-state index in [1.807, 2.05) is 12.1 Å². The van der Waals surface area contributed by atoms with E-state index >= 15 is 0 Å². The van der Waals surface area contributed by atoms with Crippen LogP contribution in [0.15, 0.2) is 58.5 Å². The lowest BCUT2D eigenvalue weighted by Gasteiger charge is -2.01. The molecule has 0 bridgehead atoms. The summed E-state index contributed by atoms with van der Waals surface area (Å²) in [5.41, 5.74) is 3.31. The molecule has 2 N–H and O–H groups in total. The molecule has 0 saturated heterocycles. The summed E-state index contributed by atoms with van der Waals surface area (Å²) >= 11 is 7.17. The van der Waals surface area contributed by atoms with Gasteiger partial charge < -0.3 is 5.11 Å². The number of aromatic carboxylic acids is 1. The Balaban J connectivity index is 1.79. The van der Waals surface area contributed by atoms with Gasteiger partial charge >= 0.3 is 5.97 Å². The third-order valence-corrected chi connectivity index (χ3v) is 4.01. The minimum absolute atomic E-state index is 0.200. The van der Waals surface area contributed by atoms with E-state index in [4.69, 9.17) is 16.7 Å². The van der Waals surface area contributed by atoms with Crippen molar-refractivity contribution in [1.29, 1.82) is 0 Å². The number of hydrogen-bond acceptors (Lipinski definition) is 4. The average Bonchev–Trinajstić information content (AvgIpc) is 2.55. The Bertz CT molecular complexity index is 715. The predicted octanol–water partition coefficient (Wildman–Crippen LogP) is 3.28. The number of benzene rings is 2. The van der Waals surface area contributed by atoms with Crippen LogP contribution in [0.4, 0.5) is 0 Å². The molecule has 2 aromatic carbocycles. The van der Waals surface area contributed by atoms with Crippen LogP contribution in [0.2, 0.25) is 5.02 Å². The molecule has 7 heteroatoms. The number of rotatable bonds is 6. The van der Waals surface area contributed by atoms with E-state index in [9.17, 15) is 9.59 Å². The number of carboxylic acid groups (broad SMARTS) is 1. The summed E-state index contributed by atoms with van der Waals surface area (Å²) in [6.45, 7) is 0. The van der Waals surface area contributed by atoms with Crippen LogP contribution in [-0.4, -0.2) is 29.0 Å². The van der Waals surface area contributed by atoms with Crippen LogP contribution in [0.5, 0.6) is 0 Å². The van der Waals surface area contributed by atoms with Crippen molar-refractivity contribution in [2.24, 2.45) is 5.10 Å². The van der Waals surface area contributed by atoms with E-state index in [0.29, 0.717) is 10.6 Å².